The molecule has 7 heteroatoms. The summed E-state index contributed by atoms with van der Waals surface area (Å²) >= 11 is 0. The van der Waals surface area contributed by atoms with Crippen LogP contribution < -0.4 is 9.47 Å². The molecule has 0 aliphatic carbocycles. The molecule has 234 valence electrons. The van der Waals surface area contributed by atoms with E-state index in [4.69, 9.17) is 14.6 Å². The van der Waals surface area contributed by atoms with Crippen molar-refractivity contribution in [3.8, 4) is 23.3 Å². The van der Waals surface area contributed by atoms with Crippen molar-refractivity contribution in [1.82, 2.24) is 0 Å². The third-order valence-corrected chi connectivity index (χ3v) is 9.64. The lowest BCUT2D eigenvalue weighted by Gasteiger charge is -2.19. The smallest absolute Gasteiger partial charge is 0.341 e. The molecule has 0 fully saturated rings. The second kappa shape index (κ2) is 13.1. The number of ether oxygens (including phenoxy) is 2. The topological polar surface area (TPSA) is 89.9 Å². The normalized spacial score (nSPS) is 13.7. The average molecular weight is 633 g/mol. The molecule has 6 nitrogen and oxygen atoms in total. The molecule has 1 aliphatic rings. The van der Waals surface area contributed by atoms with Crippen LogP contribution in [0.4, 0.5) is 0 Å². The Morgan fingerprint density at radius 2 is 1.46 bits per heavy atom. The summed E-state index contributed by atoms with van der Waals surface area (Å²) in [5.74, 6) is 6.49. The lowest BCUT2D eigenvalue weighted by Crippen LogP contribution is -2.10. The van der Waals surface area contributed by atoms with E-state index in [0.29, 0.717) is 33.5 Å². The van der Waals surface area contributed by atoms with E-state index in [2.05, 4.69) is 56.9 Å². The van der Waals surface area contributed by atoms with Gasteiger partial charge in [0.25, 0.3) is 0 Å². The zero-order valence-electron chi connectivity index (χ0n) is 26.5. The van der Waals surface area contributed by atoms with Crippen LogP contribution in [0.2, 0.25) is 0 Å². The molecule has 0 amide bonds. The highest BCUT2D eigenvalue weighted by atomic mass is 32.2. The zero-order chi connectivity index (χ0) is 33.1. The Balaban J connectivity index is 1.38. The van der Waals surface area contributed by atoms with Gasteiger partial charge in [-0.1, -0.05) is 69.0 Å². The highest BCUT2D eigenvalue weighted by molar-refractivity contribution is 7.95. The number of aryl methyl sites for hydroxylation is 1. The highest BCUT2D eigenvalue weighted by Gasteiger charge is 2.26. The maximum atomic E-state index is 12.4. The van der Waals surface area contributed by atoms with Gasteiger partial charge in [-0.3, -0.25) is 0 Å². The number of hydrogen-bond donors (Lipinski definition) is 1. The van der Waals surface area contributed by atoms with Crippen LogP contribution in [0, 0.1) is 18.8 Å². The summed E-state index contributed by atoms with van der Waals surface area (Å²) in [5, 5.41) is 8.89. The van der Waals surface area contributed by atoms with E-state index >= 15 is 0 Å². The average Bonchev–Trinajstić information content (AvgIpc) is 3.24. The van der Waals surface area contributed by atoms with E-state index in [1.807, 2.05) is 49.4 Å². The van der Waals surface area contributed by atoms with Crippen molar-refractivity contribution in [2.24, 2.45) is 0 Å². The maximum Gasteiger partial charge on any atom is 0.341 e. The second-order valence-electron chi connectivity index (χ2n) is 12.2. The van der Waals surface area contributed by atoms with E-state index in [9.17, 15) is 13.2 Å². The quantitative estimate of drug-likeness (QED) is 0.199. The minimum absolute atomic E-state index is 0.0340. The predicted octanol–water partition coefficient (Wildman–Crippen LogP) is 7.81. The molecule has 4 aromatic carbocycles. The Bertz CT molecular complexity index is 2020. The van der Waals surface area contributed by atoms with Gasteiger partial charge in [0.15, 0.2) is 6.61 Å². The molecule has 1 heterocycles. The predicted molar refractivity (Wildman–Crippen MR) is 182 cm³/mol. The molecular formula is C39H36O6S. The Hall–Kier alpha value is -5.06. The number of fused-ring (bicyclic) bond motifs is 1. The number of aliphatic carboxylic acids is 1. The summed E-state index contributed by atoms with van der Waals surface area (Å²) in [4.78, 5) is 11.5. The summed E-state index contributed by atoms with van der Waals surface area (Å²) in [5.41, 5.74) is 7.40. The minimum atomic E-state index is -3.37. The van der Waals surface area contributed by atoms with Gasteiger partial charge in [0, 0.05) is 16.0 Å². The summed E-state index contributed by atoms with van der Waals surface area (Å²) in [6, 6.07) is 27.1. The van der Waals surface area contributed by atoms with E-state index in [1.54, 1.807) is 37.3 Å². The van der Waals surface area contributed by atoms with Gasteiger partial charge in [-0.15, -0.1) is 0 Å². The van der Waals surface area contributed by atoms with Crippen molar-refractivity contribution in [2.45, 2.75) is 44.9 Å². The van der Waals surface area contributed by atoms with Crippen molar-refractivity contribution < 1.29 is 27.8 Å². The van der Waals surface area contributed by atoms with Gasteiger partial charge >= 0.3 is 5.97 Å². The van der Waals surface area contributed by atoms with Crippen molar-refractivity contribution >= 4 is 27.5 Å². The Morgan fingerprint density at radius 1 is 0.826 bits per heavy atom. The zero-order valence-corrected chi connectivity index (χ0v) is 27.4. The lowest BCUT2D eigenvalue weighted by molar-refractivity contribution is -0.139. The minimum Gasteiger partial charge on any atom is -0.489 e. The van der Waals surface area contributed by atoms with Gasteiger partial charge in [-0.05, 0) is 113 Å². The molecule has 1 N–H and O–H groups in total. The molecule has 0 unspecified atom stereocenters. The van der Waals surface area contributed by atoms with Gasteiger partial charge < -0.3 is 14.6 Å². The first-order valence-electron chi connectivity index (χ1n) is 14.9. The van der Waals surface area contributed by atoms with Crippen molar-refractivity contribution in [3.63, 3.8) is 0 Å². The molecule has 46 heavy (non-hydrogen) atoms. The first kappa shape index (κ1) is 32.3. The van der Waals surface area contributed by atoms with Crippen LogP contribution >= 0.6 is 0 Å². The molecular weight excluding hydrogens is 596 g/mol. The number of benzene rings is 4. The molecule has 0 saturated carbocycles. The van der Waals surface area contributed by atoms with Gasteiger partial charge in [-0.2, -0.15) is 0 Å². The van der Waals surface area contributed by atoms with Crippen molar-refractivity contribution in [2.75, 3.05) is 13.2 Å². The van der Waals surface area contributed by atoms with Crippen LogP contribution in [0.3, 0.4) is 0 Å². The fraction of sp³-hybridized carbons (Fsp3) is 0.205. The largest absolute Gasteiger partial charge is 0.489 e. The number of hydrogen-bond acceptors (Lipinski definition) is 5. The molecule has 1 aliphatic heterocycles. The van der Waals surface area contributed by atoms with Gasteiger partial charge in [-0.25, -0.2) is 13.2 Å². The Labute approximate surface area is 270 Å². The molecule has 0 aromatic heterocycles. The molecule has 0 spiro atoms. The summed E-state index contributed by atoms with van der Waals surface area (Å²) in [6.07, 6.45) is 3.73. The standard InChI is InChI=1S/C39H36O6S/c1-26-22-34(17-18-36(26)45-25-38(40)41)44-21-20-35(31-13-15-33(16-14-31)39(3,4)5)30-11-8-28(9-12-30)6-7-29-10-19-37-32(24-29)23-27(2)46(37,42)43/h8-20,22-24H,21,25H2,1-5H3,(H,40,41). The fourth-order valence-electron chi connectivity index (χ4n) is 5.12. The summed E-state index contributed by atoms with van der Waals surface area (Å²) in [7, 11) is -3.37. The SMILES string of the molecule is CC1=Cc2cc(C#Cc3ccc(C(=CCOc4ccc(OCC(=O)O)c(C)c4)c4ccc(C(C)(C)C)cc4)cc3)ccc2S1(=O)=O. The Kier molecular flexibility index (Phi) is 9.22. The number of rotatable bonds is 8. The summed E-state index contributed by atoms with van der Waals surface area (Å²) in [6.45, 7) is 9.94. The third-order valence-electron chi connectivity index (χ3n) is 7.73. The number of carboxylic acid groups (broad SMARTS) is 1. The number of sulfone groups is 1. The van der Waals surface area contributed by atoms with Gasteiger partial charge in [0.05, 0.1) is 4.90 Å². The number of carboxylic acids is 1. The van der Waals surface area contributed by atoms with Crippen molar-refractivity contribution in [3.05, 3.63) is 135 Å². The Morgan fingerprint density at radius 3 is 2.09 bits per heavy atom. The second-order valence-corrected chi connectivity index (χ2v) is 14.3. The molecule has 0 radical (unpaired) electrons. The molecule has 0 saturated heterocycles. The fourth-order valence-corrected chi connectivity index (χ4v) is 6.42. The number of carbonyl (C=O) groups is 1. The van der Waals surface area contributed by atoms with Crippen LogP contribution in [0.1, 0.15) is 66.6 Å². The van der Waals surface area contributed by atoms with E-state index in [-0.39, 0.29) is 5.41 Å². The van der Waals surface area contributed by atoms with E-state index in [1.165, 1.54) is 5.56 Å². The third kappa shape index (κ3) is 7.42. The first-order valence-corrected chi connectivity index (χ1v) is 16.4. The van der Waals surface area contributed by atoms with Crippen LogP contribution in [0.25, 0.3) is 11.6 Å². The van der Waals surface area contributed by atoms with Crippen LogP contribution in [0.15, 0.2) is 101 Å². The van der Waals surface area contributed by atoms with Crippen molar-refractivity contribution in [1.29, 1.82) is 0 Å². The molecule has 4 aromatic rings. The van der Waals surface area contributed by atoms with E-state index in [0.717, 1.165) is 33.4 Å². The van der Waals surface area contributed by atoms with E-state index < -0.39 is 22.4 Å². The molecule has 0 atom stereocenters. The highest BCUT2D eigenvalue weighted by Crippen LogP contribution is 2.33. The van der Waals surface area contributed by atoms with Crippen LogP contribution in [-0.4, -0.2) is 32.7 Å². The summed E-state index contributed by atoms with van der Waals surface area (Å²) < 4.78 is 36.2. The maximum absolute atomic E-state index is 12.4. The monoisotopic (exact) mass is 632 g/mol. The van der Waals surface area contributed by atoms with Gasteiger partial charge in [0.1, 0.15) is 18.1 Å². The van der Waals surface area contributed by atoms with Gasteiger partial charge in [0.2, 0.25) is 9.84 Å². The van der Waals surface area contributed by atoms with Crippen LogP contribution in [0.5, 0.6) is 11.5 Å². The van der Waals surface area contributed by atoms with Crippen LogP contribution in [-0.2, 0) is 20.0 Å². The first-order chi connectivity index (χ1) is 21.8. The lowest BCUT2D eigenvalue weighted by atomic mass is 9.85. The molecule has 0 bridgehead atoms. The number of allylic oxidation sites excluding steroid dienone is 1. The molecule has 5 rings (SSSR count).